The summed E-state index contributed by atoms with van der Waals surface area (Å²) in [4.78, 5) is 10.2. The molecule has 1 atom stereocenters. The summed E-state index contributed by atoms with van der Waals surface area (Å²) in [7, 11) is 0. The number of unbranched alkanes of at least 4 members (excludes halogenated alkanes) is 9. The highest BCUT2D eigenvalue weighted by molar-refractivity contribution is 5.48. The third kappa shape index (κ3) is 9.61. The third-order valence-electron chi connectivity index (χ3n) is 5.50. The summed E-state index contributed by atoms with van der Waals surface area (Å²) >= 11 is 0. The number of nitrogens with two attached hydrogens (primary N) is 1. The molecular formula is C20H41NO. The van der Waals surface area contributed by atoms with E-state index in [9.17, 15) is 4.79 Å². The molecule has 1 unspecified atom stereocenters. The Bertz CT molecular complexity index is 248. The van der Waals surface area contributed by atoms with Crippen molar-refractivity contribution >= 4 is 6.29 Å². The van der Waals surface area contributed by atoms with Gasteiger partial charge < -0.3 is 10.5 Å². The molecule has 2 heteroatoms. The minimum atomic E-state index is 0.0657. The highest BCUT2D eigenvalue weighted by Crippen LogP contribution is 2.30. The molecule has 0 fully saturated rings. The van der Waals surface area contributed by atoms with Crippen molar-refractivity contribution in [3.05, 3.63) is 0 Å². The molecule has 0 saturated carbocycles. The molecule has 2 N–H and O–H groups in total. The molecule has 0 radical (unpaired) electrons. The van der Waals surface area contributed by atoms with Crippen molar-refractivity contribution in [1.82, 2.24) is 0 Å². The average molecular weight is 312 g/mol. The van der Waals surface area contributed by atoms with Crippen LogP contribution in [0.3, 0.4) is 0 Å². The highest BCUT2D eigenvalue weighted by atomic mass is 16.1. The topological polar surface area (TPSA) is 43.1 Å². The molecule has 132 valence electrons. The largest absolute Gasteiger partial charge is 0.325 e. The fourth-order valence-corrected chi connectivity index (χ4v) is 3.58. The van der Waals surface area contributed by atoms with E-state index in [0.717, 1.165) is 32.0 Å². The molecular weight excluding hydrogens is 270 g/mol. The number of aldehydes is 1. The Balaban J connectivity index is 3.53. The Hall–Kier alpha value is -0.370. The number of carbonyl (C=O) groups is 1. The molecule has 22 heavy (non-hydrogen) atoms. The molecule has 0 bridgehead atoms. The van der Waals surface area contributed by atoms with E-state index in [-0.39, 0.29) is 5.54 Å². The van der Waals surface area contributed by atoms with Gasteiger partial charge in [-0.3, -0.25) is 0 Å². The van der Waals surface area contributed by atoms with Crippen LogP contribution in [-0.4, -0.2) is 11.8 Å². The van der Waals surface area contributed by atoms with Gasteiger partial charge in [-0.25, -0.2) is 0 Å². The fraction of sp³-hybridized carbons (Fsp3) is 0.950. The first kappa shape index (κ1) is 21.6. The second kappa shape index (κ2) is 14.2. The smallest absolute Gasteiger partial charge is 0.119 e. The van der Waals surface area contributed by atoms with Crippen molar-refractivity contribution in [2.75, 3.05) is 0 Å². The van der Waals surface area contributed by atoms with Crippen LogP contribution in [0.1, 0.15) is 111 Å². The highest BCUT2D eigenvalue weighted by Gasteiger charge is 2.29. The van der Waals surface area contributed by atoms with Crippen LogP contribution < -0.4 is 5.73 Å². The van der Waals surface area contributed by atoms with Gasteiger partial charge in [-0.2, -0.15) is 0 Å². The normalized spacial score (nSPS) is 13.3. The van der Waals surface area contributed by atoms with Crippen LogP contribution in [0, 0.1) is 5.92 Å². The molecule has 0 heterocycles. The van der Waals surface area contributed by atoms with Crippen molar-refractivity contribution in [2.45, 2.75) is 116 Å². The number of hydrogen-bond donors (Lipinski definition) is 1. The van der Waals surface area contributed by atoms with Gasteiger partial charge in [-0.1, -0.05) is 78.6 Å². The lowest BCUT2D eigenvalue weighted by Gasteiger charge is -2.36. The van der Waals surface area contributed by atoms with E-state index < -0.39 is 0 Å². The number of carbonyl (C=O) groups excluding carboxylic acids is 1. The third-order valence-corrected chi connectivity index (χ3v) is 5.50. The Morgan fingerprint density at radius 3 is 1.68 bits per heavy atom. The maximum absolute atomic E-state index is 10.2. The summed E-state index contributed by atoms with van der Waals surface area (Å²) < 4.78 is 0. The van der Waals surface area contributed by atoms with Crippen LogP contribution >= 0.6 is 0 Å². The lowest BCUT2D eigenvalue weighted by Crippen LogP contribution is -2.45. The Morgan fingerprint density at radius 1 is 0.818 bits per heavy atom. The Kier molecular flexibility index (Phi) is 14.0. The zero-order valence-electron chi connectivity index (χ0n) is 15.5. The van der Waals surface area contributed by atoms with Gasteiger partial charge >= 0.3 is 0 Å². The molecule has 0 aliphatic rings. The monoisotopic (exact) mass is 311 g/mol. The van der Waals surface area contributed by atoms with Gasteiger partial charge in [0.05, 0.1) is 0 Å². The molecule has 0 aromatic rings. The van der Waals surface area contributed by atoms with Gasteiger partial charge in [-0.15, -0.1) is 0 Å². The van der Waals surface area contributed by atoms with E-state index in [0.29, 0.717) is 5.92 Å². The molecule has 0 rings (SSSR count). The molecule has 2 nitrogen and oxygen atoms in total. The fourth-order valence-electron chi connectivity index (χ4n) is 3.58. The molecule has 0 aromatic heterocycles. The van der Waals surface area contributed by atoms with E-state index in [1.54, 1.807) is 0 Å². The van der Waals surface area contributed by atoms with Crippen LogP contribution in [0.2, 0.25) is 0 Å². The zero-order valence-corrected chi connectivity index (χ0v) is 15.5. The van der Waals surface area contributed by atoms with Crippen molar-refractivity contribution in [3.8, 4) is 0 Å². The minimum Gasteiger partial charge on any atom is -0.325 e. The van der Waals surface area contributed by atoms with Crippen LogP contribution in [0.5, 0.6) is 0 Å². The average Bonchev–Trinajstić information content (AvgIpc) is 2.55. The molecule has 0 amide bonds. The first-order valence-corrected chi connectivity index (χ1v) is 9.87. The maximum atomic E-state index is 10.2. The number of rotatable bonds is 16. The van der Waals surface area contributed by atoms with Gasteiger partial charge in [-0.05, 0) is 31.6 Å². The Morgan fingerprint density at radius 2 is 1.27 bits per heavy atom. The van der Waals surface area contributed by atoms with Crippen LogP contribution in [0.4, 0.5) is 0 Å². The SMILES string of the molecule is CCC(CCCCCCCCCCCC=O)C(N)(CC)CC. The van der Waals surface area contributed by atoms with E-state index >= 15 is 0 Å². The zero-order chi connectivity index (χ0) is 16.7. The summed E-state index contributed by atoms with van der Waals surface area (Å²) in [6.45, 7) is 6.77. The first-order chi connectivity index (χ1) is 10.6. The van der Waals surface area contributed by atoms with Gasteiger partial charge in [0.1, 0.15) is 6.29 Å². The van der Waals surface area contributed by atoms with E-state index in [1.807, 2.05) is 0 Å². The maximum Gasteiger partial charge on any atom is 0.119 e. The second-order valence-electron chi connectivity index (χ2n) is 6.97. The first-order valence-electron chi connectivity index (χ1n) is 9.87. The lowest BCUT2D eigenvalue weighted by molar-refractivity contribution is -0.107. The summed E-state index contributed by atoms with van der Waals surface area (Å²) in [5.74, 6) is 0.695. The summed E-state index contributed by atoms with van der Waals surface area (Å²) in [6.07, 6.45) is 18.3. The van der Waals surface area contributed by atoms with Crippen LogP contribution in [0.25, 0.3) is 0 Å². The molecule has 0 aliphatic carbocycles. The van der Waals surface area contributed by atoms with Gasteiger partial charge in [0.2, 0.25) is 0 Å². The molecule has 0 spiro atoms. The number of hydrogen-bond acceptors (Lipinski definition) is 2. The standard InChI is InChI=1S/C20H41NO/c1-4-19(20(21,5-2)6-3)17-15-13-11-9-7-8-10-12-14-16-18-22/h18-19H,4-17,21H2,1-3H3. The van der Waals surface area contributed by atoms with Gasteiger partial charge in [0.15, 0.2) is 0 Å². The van der Waals surface area contributed by atoms with Crippen molar-refractivity contribution in [2.24, 2.45) is 11.7 Å². The summed E-state index contributed by atoms with van der Waals surface area (Å²) in [5, 5.41) is 0. The predicted octanol–water partition coefficient (Wildman–Crippen LogP) is 6.02. The molecule has 0 aliphatic heterocycles. The second-order valence-corrected chi connectivity index (χ2v) is 6.97. The van der Waals surface area contributed by atoms with E-state index in [2.05, 4.69) is 20.8 Å². The lowest BCUT2D eigenvalue weighted by atomic mass is 9.76. The van der Waals surface area contributed by atoms with Crippen molar-refractivity contribution in [3.63, 3.8) is 0 Å². The van der Waals surface area contributed by atoms with E-state index in [1.165, 1.54) is 64.2 Å². The summed E-state index contributed by atoms with van der Waals surface area (Å²) in [6, 6.07) is 0. The predicted molar refractivity (Wildman–Crippen MR) is 98.1 cm³/mol. The molecule has 0 aromatic carbocycles. The molecule has 0 saturated heterocycles. The van der Waals surface area contributed by atoms with Crippen LogP contribution in [-0.2, 0) is 4.79 Å². The van der Waals surface area contributed by atoms with E-state index in [4.69, 9.17) is 5.73 Å². The van der Waals surface area contributed by atoms with Gasteiger partial charge in [0.25, 0.3) is 0 Å². The van der Waals surface area contributed by atoms with Gasteiger partial charge in [0, 0.05) is 12.0 Å². The minimum absolute atomic E-state index is 0.0657. The quantitative estimate of drug-likeness (QED) is 0.280. The Labute approximate surface area is 139 Å². The van der Waals surface area contributed by atoms with Crippen molar-refractivity contribution in [1.29, 1.82) is 0 Å². The summed E-state index contributed by atoms with van der Waals surface area (Å²) in [5.41, 5.74) is 6.63. The van der Waals surface area contributed by atoms with Crippen molar-refractivity contribution < 1.29 is 4.79 Å². The van der Waals surface area contributed by atoms with Crippen LogP contribution in [0.15, 0.2) is 0 Å².